The van der Waals surface area contributed by atoms with Gasteiger partial charge in [0.15, 0.2) is 0 Å². The summed E-state index contributed by atoms with van der Waals surface area (Å²) in [7, 11) is 0. The van der Waals surface area contributed by atoms with E-state index < -0.39 is 6.10 Å². The third-order valence-electron chi connectivity index (χ3n) is 3.34. The van der Waals surface area contributed by atoms with Crippen LogP contribution in [0.4, 0.5) is 0 Å². The predicted molar refractivity (Wildman–Crippen MR) is 77.4 cm³/mol. The Kier molecular flexibility index (Phi) is 5.60. The maximum atomic E-state index is 9.88. The summed E-state index contributed by atoms with van der Waals surface area (Å²) in [5.41, 5.74) is 0.602. The van der Waals surface area contributed by atoms with Crippen LogP contribution in [-0.4, -0.2) is 30.4 Å². The average molecular weight is 272 g/mol. The molecular weight excluding hydrogens is 252 g/mol. The van der Waals surface area contributed by atoms with Crippen molar-refractivity contribution >= 4 is 0 Å². The molecule has 2 rings (SSSR count). The number of aliphatic hydroxyl groups excluding tert-OH is 1. The Morgan fingerprint density at radius 3 is 2.80 bits per heavy atom. The molecular formula is C16H20N2O2. The van der Waals surface area contributed by atoms with E-state index in [9.17, 15) is 5.11 Å². The number of allylic oxidation sites excluding steroid dienone is 1. The van der Waals surface area contributed by atoms with E-state index in [2.05, 4.69) is 23.5 Å². The van der Waals surface area contributed by atoms with Crippen molar-refractivity contribution in [3.63, 3.8) is 0 Å². The standard InChI is InChI=1S/C16H20N2O2/c17-10-13-6-8-16(9-7-13)20-12-15(19)11-18-14-4-2-1-3-5-14/h1-2,6-9,14-15,18-19H,3-5,11-12H2. The number of nitrogens with zero attached hydrogens (tertiary/aromatic N) is 1. The topological polar surface area (TPSA) is 65.3 Å². The van der Waals surface area contributed by atoms with Crippen LogP contribution in [0, 0.1) is 11.3 Å². The molecule has 0 amide bonds. The van der Waals surface area contributed by atoms with Crippen molar-refractivity contribution in [1.29, 1.82) is 5.26 Å². The van der Waals surface area contributed by atoms with Crippen LogP contribution in [0.3, 0.4) is 0 Å². The van der Waals surface area contributed by atoms with E-state index in [1.807, 2.05) is 0 Å². The van der Waals surface area contributed by atoms with Crippen LogP contribution in [0.1, 0.15) is 24.8 Å². The number of aliphatic hydroxyl groups is 1. The molecule has 106 valence electrons. The fourth-order valence-electron chi connectivity index (χ4n) is 2.16. The van der Waals surface area contributed by atoms with Gasteiger partial charge in [0.25, 0.3) is 0 Å². The third-order valence-corrected chi connectivity index (χ3v) is 3.34. The molecule has 4 heteroatoms. The molecule has 1 aliphatic carbocycles. The Morgan fingerprint density at radius 1 is 1.35 bits per heavy atom. The maximum absolute atomic E-state index is 9.88. The van der Waals surface area contributed by atoms with Crippen molar-refractivity contribution in [1.82, 2.24) is 5.32 Å². The zero-order valence-corrected chi connectivity index (χ0v) is 11.5. The van der Waals surface area contributed by atoms with Crippen molar-refractivity contribution in [2.45, 2.75) is 31.4 Å². The minimum Gasteiger partial charge on any atom is -0.491 e. The van der Waals surface area contributed by atoms with Gasteiger partial charge in [-0.25, -0.2) is 0 Å². The SMILES string of the molecule is N#Cc1ccc(OCC(O)CNC2CC=CCC2)cc1. The number of benzene rings is 1. The second kappa shape index (κ2) is 7.68. The molecule has 0 fully saturated rings. The molecule has 0 bridgehead atoms. The molecule has 2 unspecified atom stereocenters. The van der Waals surface area contributed by atoms with Gasteiger partial charge in [-0.3, -0.25) is 0 Å². The highest BCUT2D eigenvalue weighted by Gasteiger charge is 2.12. The monoisotopic (exact) mass is 272 g/mol. The smallest absolute Gasteiger partial charge is 0.119 e. The van der Waals surface area contributed by atoms with Crippen LogP contribution in [-0.2, 0) is 0 Å². The molecule has 1 aromatic carbocycles. The molecule has 0 saturated carbocycles. The second-order valence-electron chi connectivity index (χ2n) is 4.99. The molecule has 0 aliphatic heterocycles. The molecule has 0 saturated heterocycles. The lowest BCUT2D eigenvalue weighted by molar-refractivity contribution is 0.103. The van der Waals surface area contributed by atoms with E-state index >= 15 is 0 Å². The fourth-order valence-corrected chi connectivity index (χ4v) is 2.16. The van der Waals surface area contributed by atoms with Gasteiger partial charge >= 0.3 is 0 Å². The Bertz CT molecular complexity index is 476. The number of nitriles is 1. The van der Waals surface area contributed by atoms with Gasteiger partial charge in [0.05, 0.1) is 11.6 Å². The molecule has 2 N–H and O–H groups in total. The first-order valence-electron chi connectivity index (χ1n) is 6.97. The van der Waals surface area contributed by atoms with Gasteiger partial charge < -0.3 is 15.2 Å². The van der Waals surface area contributed by atoms with E-state index in [1.54, 1.807) is 24.3 Å². The highest BCUT2D eigenvalue weighted by molar-refractivity contribution is 5.34. The number of ether oxygens (including phenoxy) is 1. The van der Waals surface area contributed by atoms with E-state index in [4.69, 9.17) is 10.00 Å². The lowest BCUT2D eigenvalue weighted by Gasteiger charge is -2.21. The van der Waals surface area contributed by atoms with Gasteiger partial charge in [-0.15, -0.1) is 0 Å². The number of hydrogen-bond donors (Lipinski definition) is 2. The van der Waals surface area contributed by atoms with Gasteiger partial charge in [-0.2, -0.15) is 5.26 Å². The summed E-state index contributed by atoms with van der Waals surface area (Å²) in [6, 6.07) is 9.40. The van der Waals surface area contributed by atoms with Crippen molar-refractivity contribution in [3.8, 4) is 11.8 Å². The summed E-state index contributed by atoms with van der Waals surface area (Å²) in [6.07, 6.45) is 7.11. The first-order chi connectivity index (χ1) is 9.78. The lowest BCUT2D eigenvalue weighted by Crippen LogP contribution is -2.38. The third kappa shape index (κ3) is 4.69. The Morgan fingerprint density at radius 2 is 2.15 bits per heavy atom. The van der Waals surface area contributed by atoms with Crippen LogP contribution < -0.4 is 10.1 Å². The van der Waals surface area contributed by atoms with Crippen LogP contribution in [0.2, 0.25) is 0 Å². The Balaban J connectivity index is 1.67. The lowest BCUT2D eigenvalue weighted by atomic mass is 10.0. The normalized spacial score (nSPS) is 19.3. The van der Waals surface area contributed by atoms with Gasteiger partial charge in [-0.1, -0.05) is 12.2 Å². The summed E-state index contributed by atoms with van der Waals surface area (Å²) < 4.78 is 5.49. The molecule has 1 aliphatic rings. The summed E-state index contributed by atoms with van der Waals surface area (Å²) >= 11 is 0. The maximum Gasteiger partial charge on any atom is 0.119 e. The quantitative estimate of drug-likeness (QED) is 0.777. The van der Waals surface area contributed by atoms with E-state index in [1.165, 1.54) is 0 Å². The Hall–Kier alpha value is -1.83. The highest BCUT2D eigenvalue weighted by atomic mass is 16.5. The average Bonchev–Trinajstić information content (AvgIpc) is 2.52. The number of rotatable bonds is 6. The summed E-state index contributed by atoms with van der Waals surface area (Å²) in [5.74, 6) is 0.670. The first kappa shape index (κ1) is 14.6. The van der Waals surface area contributed by atoms with Crippen molar-refractivity contribution in [3.05, 3.63) is 42.0 Å². The summed E-state index contributed by atoms with van der Waals surface area (Å²) in [4.78, 5) is 0. The van der Waals surface area contributed by atoms with Gasteiger partial charge in [0, 0.05) is 12.6 Å². The van der Waals surface area contributed by atoms with E-state index in [0.717, 1.165) is 19.3 Å². The largest absolute Gasteiger partial charge is 0.491 e. The van der Waals surface area contributed by atoms with Crippen molar-refractivity contribution in [2.75, 3.05) is 13.2 Å². The van der Waals surface area contributed by atoms with Crippen LogP contribution >= 0.6 is 0 Å². The van der Waals surface area contributed by atoms with Crippen LogP contribution in [0.15, 0.2) is 36.4 Å². The fraction of sp³-hybridized carbons (Fsp3) is 0.438. The van der Waals surface area contributed by atoms with Crippen LogP contribution in [0.25, 0.3) is 0 Å². The van der Waals surface area contributed by atoms with Gasteiger partial charge in [0.2, 0.25) is 0 Å². The minimum atomic E-state index is -0.531. The summed E-state index contributed by atoms with van der Waals surface area (Å²) in [5, 5.41) is 21.9. The van der Waals surface area contributed by atoms with Gasteiger partial charge in [0.1, 0.15) is 18.5 Å². The van der Waals surface area contributed by atoms with Crippen molar-refractivity contribution < 1.29 is 9.84 Å². The van der Waals surface area contributed by atoms with Crippen LogP contribution in [0.5, 0.6) is 5.75 Å². The predicted octanol–water partition coefficient (Wildman–Crippen LogP) is 2.00. The van der Waals surface area contributed by atoms with E-state index in [-0.39, 0.29) is 6.61 Å². The second-order valence-corrected chi connectivity index (χ2v) is 4.99. The summed E-state index contributed by atoms with van der Waals surface area (Å²) in [6.45, 7) is 0.788. The van der Waals surface area contributed by atoms with Gasteiger partial charge in [-0.05, 0) is 43.5 Å². The molecule has 2 atom stereocenters. The van der Waals surface area contributed by atoms with Crippen molar-refractivity contribution in [2.24, 2.45) is 0 Å². The zero-order valence-electron chi connectivity index (χ0n) is 11.5. The molecule has 0 aromatic heterocycles. The molecule has 0 radical (unpaired) electrons. The Labute approximate surface area is 119 Å². The number of nitrogens with one attached hydrogen (secondary N) is 1. The molecule has 20 heavy (non-hydrogen) atoms. The molecule has 0 spiro atoms. The number of hydrogen-bond acceptors (Lipinski definition) is 4. The molecule has 0 heterocycles. The molecule has 4 nitrogen and oxygen atoms in total. The minimum absolute atomic E-state index is 0.251. The van der Waals surface area contributed by atoms with E-state index in [0.29, 0.717) is 23.9 Å². The zero-order chi connectivity index (χ0) is 14.2. The highest BCUT2D eigenvalue weighted by Crippen LogP contribution is 2.12. The molecule has 1 aromatic rings. The first-order valence-corrected chi connectivity index (χ1v) is 6.97.